The zero-order chi connectivity index (χ0) is 13.7. The first kappa shape index (κ1) is 14.8. The summed E-state index contributed by atoms with van der Waals surface area (Å²) in [5, 5.41) is 3.43. The van der Waals surface area contributed by atoms with Crippen molar-refractivity contribution in [2.24, 2.45) is 0 Å². The van der Waals surface area contributed by atoms with Crippen molar-refractivity contribution in [3.63, 3.8) is 0 Å². The van der Waals surface area contributed by atoms with E-state index in [0.29, 0.717) is 12.1 Å². The van der Waals surface area contributed by atoms with Crippen LogP contribution in [0.1, 0.15) is 32.3 Å². The van der Waals surface area contributed by atoms with Gasteiger partial charge in [-0.15, -0.1) is 0 Å². The summed E-state index contributed by atoms with van der Waals surface area (Å²) in [6.45, 7) is 6.77. The van der Waals surface area contributed by atoms with Crippen LogP contribution in [0.3, 0.4) is 0 Å². The van der Waals surface area contributed by atoms with Crippen molar-refractivity contribution in [1.82, 2.24) is 5.32 Å². The second-order valence-electron chi connectivity index (χ2n) is 5.22. The van der Waals surface area contributed by atoms with Crippen LogP contribution in [-0.4, -0.2) is 25.4 Å². The molecule has 0 unspecified atom stereocenters. The Bertz CT molecular complexity index is 403. The lowest BCUT2D eigenvalue weighted by Gasteiger charge is -2.23. The third-order valence-corrected chi connectivity index (χ3v) is 3.96. The molecule has 1 aromatic carbocycles. The Labute approximate surface area is 123 Å². The van der Waals surface area contributed by atoms with Gasteiger partial charge in [0.1, 0.15) is 11.9 Å². The quantitative estimate of drug-likeness (QED) is 0.897. The minimum absolute atomic E-state index is 0.292. The highest BCUT2D eigenvalue weighted by molar-refractivity contribution is 9.10. The molecule has 1 fully saturated rings. The molecule has 0 saturated carbocycles. The van der Waals surface area contributed by atoms with E-state index in [9.17, 15) is 0 Å². The molecular formula is C15H22BrNO2. The van der Waals surface area contributed by atoms with Gasteiger partial charge in [-0.2, -0.15) is 0 Å². The Balaban J connectivity index is 1.98. The molecule has 0 radical (unpaired) electrons. The molecule has 0 aromatic heterocycles. The highest BCUT2D eigenvalue weighted by Crippen LogP contribution is 2.25. The van der Waals surface area contributed by atoms with Crippen molar-refractivity contribution in [2.75, 3.05) is 13.2 Å². The van der Waals surface area contributed by atoms with Gasteiger partial charge in [-0.1, -0.05) is 29.8 Å². The summed E-state index contributed by atoms with van der Waals surface area (Å²) in [4.78, 5) is 0. The first-order valence-corrected chi connectivity index (χ1v) is 7.70. The van der Waals surface area contributed by atoms with Gasteiger partial charge < -0.3 is 14.8 Å². The topological polar surface area (TPSA) is 30.5 Å². The summed E-state index contributed by atoms with van der Waals surface area (Å²) in [5.41, 5.74) is 1.23. The Morgan fingerprint density at radius 2 is 2.11 bits per heavy atom. The van der Waals surface area contributed by atoms with Crippen LogP contribution < -0.4 is 10.1 Å². The largest absolute Gasteiger partial charge is 0.490 e. The number of benzene rings is 1. The van der Waals surface area contributed by atoms with Crippen LogP contribution in [0, 0.1) is 0 Å². The van der Waals surface area contributed by atoms with Gasteiger partial charge in [-0.05, 0) is 23.8 Å². The standard InChI is InChI=1S/C15H22BrNO2/c1-11(2)17-10-12-9-14(3-4-15(12)16)19-13-5-7-18-8-6-13/h3-4,9,11,13,17H,5-8,10H2,1-2H3. The maximum Gasteiger partial charge on any atom is 0.120 e. The summed E-state index contributed by atoms with van der Waals surface area (Å²) in [6.07, 6.45) is 2.26. The fourth-order valence-electron chi connectivity index (χ4n) is 2.06. The first-order valence-electron chi connectivity index (χ1n) is 6.91. The fourth-order valence-corrected chi connectivity index (χ4v) is 2.45. The van der Waals surface area contributed by atoms with Crippen LogP contribution in [0.25, 0.3) is 0 Å². The van der Waals surface area contributed by atoms with E-state index in [1.54, 1.807) is 0 Å². The molecule has 0 spiro atoms. The maximum atomic E-state index is 6.03. The van der Waals surface area contributed by atoms with Crippen LogP contribution in [0.2, 0.25) is 0 Å². The summed E-state index contributed by atoms with van der Waals surface area (Å²) < 4.78 is 12.5. The van der Waals surface area contributed by atoms with Crippen molar-refractivity contribution in [3.8, 4) is 5.75 Å². The third kappa shape index (κ3) is 4.79. The van der Waals surface area contributed by atoms with E-state index in [0.717, 1.165) is 42.8 Å². The average Bonchev–Trinajstić information content (AvgIpc) is 2.40. The lowest BCUT2D eigenvalue weighted by Crippen LogP contribution is -2.26. The number of hydrogen-bond acceptors (Lipinski definition) is 3. The number of ether oxygens (including phenoxy) is 2. The molecule has 1 aliphatic heterocycles. The molecule has 2 rings (SSSR count). The smallest absolute Gasteiger partial charge is 0.120 e. The minimum Gasteiger partial charge on any atom is -0.490 e. The molecule has 3 nitrogen and oxygen atoms in total. The van der Waals surface area contributed by atoms with Crippen molar-refractivity contribution in [3.05, 3.63) is 28.2 Å². The molecule has 1 heterocycles. The van der Waals surface area contributed by atoms with Gasteiger partial charge in [0.15, 0.2) is 0 Å². The molecule has 1 N–H and O–H groups in total. The highest BCUT2D eigenvalue weighted by Gasteiger charge is 2.15. The molecule has 0 bridgehead atoms. The lowest BCUT2D eigenvalue weighted by molar-refractivity contribution is 0.0255. The van der Waals surface area contributed by atoms with Gasteiger partial charge in [-0.3, -0.25) is 0 Å². The number of nitrogens with one attached hydrogen (secondary N) is 1. The highest BCUT2D eigenvalue weighted by atomic mass is 79.9. The van der Waals surface area contributed by atoms with Gasteiger partial charge in [0.25, 0.3) is 0 Å². The zero-order valence-corrected chi connectivity index (χ0v) is 13.2. The molecule has 1 saturated heterocycles. The molecule has 0 amide bonds. The SMILES string of the molecule is CC(C)NCc1cc(OC2CCOCC2)ccc1Br. The molecule has 4 heteroatoms. The van der Waals surface area contributed by atoms with Crippen LogP contribution >= 0.6 is 15.9 Å². The van der Waals surface area contributed by atoms with E-state index < -0.39 is 0 Å². The zero-order valence-electron chi connectivity index (χ0n) is 11.6. The maximum absolute atomic E-state index is 6.03. The molecule has 19 heavy (non-hydrogen) atoms. The summed E-state index contributed by atoms with van der Waals surface area (Å²) in [7, 11) is 0. The monoisotopic (exact) mass is 327 g/mol. The van der Waals surface area contributed by atoms with Crippen molar-refractivity contribution in [1.29, 1.82) is 0 Å². The van der Waals surface area contributed by atoms with Crippen LogP contribution in [0.5, 0.6) is 5.75 Å². The summed E-state index contributed by atoms with van der Waals surface area (Å²) in [6, 6.07) is 6.69. The van der Waals surface area contributed by atoms with Gasteiger partial charge in [0.05, 0.1) is 13.2 Å². The Hall–Kier alpha value is -0.580. The van der Waals surface area contributed by atoms with Crippen molar-refractivity contribution < 1.29 is 9.47 Å². The van der Waals surface area contributed by atoms with E-state index in [2.05, 4.69) is 47.2 Å². The normalized spacial score (nSPS) is 16.8. The minimum atomic E-state index is 0.292. The Morgan fingerprint density at radius 1 is 1.37 bits per heavy atom. The molecule has 0 atom stereocenters. The second-order valence-corrected chi connectivity index (χ2v) is 6.07. The molecular weight excluding hydrogens is 306 g/mol. The van der Waals surface area contributed by atoms with Crippen LogP contribution in [-0.2, 0) is 11.3 Å². The average molecular weight is 328 g/mol. The molecule has 1 aliphatic rings. The van der Waals surface area contributed by atoms with Crippen LogP contribution in [0.15, 0.2) is 22.7 Å². The number of halogens is 1. The molecule has 106 valence electrons. The third-order valence-electron chi connectivity index (χ3n) is 3.19. The van der Waals surface area contributed by atoms with E-state index in [-0.39, 0.29) is 0 Å². The summed E-state index contributed by atoms with van der Waals surface area (Å²) >= 11 is 3.59. The second kappa shape index (κ2) is 7.27. The lowest BCUT2D eigenvalue weighted by atomic mass is 10.1. The molecule has 1 aromatic rings. The van der Waals surface area contributed by atoms with Crippen LogP contribution in [0.4, 0.5) is 0 Å². The van der Waals surface area contributed by atoms with Gasteiger partial charge in [0.2, 0.25) is 0 Å². The van der Waals surface area contributed by atoms with Crippen molar-refractivity contribution in [2.45, 2.75) is 45.4 Å². The predicted octanol–water partition coefficient (Wildman–Crippen LogP) is 3.50. The van der Waals surface area contributed by atoms with E-state index in [4.69, 9.17) is 9.47 Å². The van der Waals surface area contributed by atoms with E-state index in [1.807, 2.05) is 6.07 Å². The van der Waals surface area contributed by atoms with Gasteiger partial charge in [0, 0.05) is 29.9 Å². The number of rotatable bonds is 5. The van der Waals surface area contributed by atoms with Gasteiger partial charge >= 0.3 is 0 Å². The Kier molecular flexibility index (Phi) is 5.67. The summed E-state index contributed by atoms with van der Waals surface area (Å²) in [5.74, 6) is 0.954. The van der Waals surface area contributed by atoms with E-state index in [1.165, 1.54) is 5.56 Å². The van der Waals surface area contributed by atoms with Gasteiger partial charge in [-0.25, -0.2) is 0 Å². The molecule has 0 aliphatic carbocycles. The number of hydrogen-bond donors (Lipinski definition) is 1. The fraction of sp³-hybridized carbons (Fsp3) is 0.600. The van der Waals surface area contributed by atoms with E-state index >= 15 is 0 Å². The predicted molar refractivity (Wildman–Crippen MR) is 80.6 cm³/mol. The Morgan fingerprint density at radius 3 is 2.79 bits per heavy atom. The van der Waals surface area contributed by atoms with Crippen molar-refractivity contribution >= 4 is 15.9 Å². The first-order chi connectivity index (χ1) is 9.15.